The van der Waals surface area contributed by atoms with Gasteiger partial charge in [-0.2, -0.15) is 0 Å². The van der Waals surface area contributed by atoms with Gasteiger partial charge in [0.2, 0.25) is 0 Å². The van der Waals surface area contributed by atoms with E-state index in [-0.39, 0.29) is 6.04 Å². The van der Waals surface area contributed by atoms with Gasteiger partial charge in [-0.3, -0.25) is 9.59 Å². The molecule has 5 nitrogen and oxygen atoms in total. The number of primary amides is 1. The molecule has 0 saturated heterocycles. The zero-order valence-electron chi connectivity index (χ0n) is 10.6. The molecular formula is C14H16N2O3. The monoisotopic (exact) mass is 260 g/mol. The van der Waals surface area contributed by atoms with Crippen LogP contribution in [0, 0.1) is 12.8 Å². The molecule has 1 amide bonds. The van der Waals surface area contributed by atoms with Crippen LogP contribution >= 0.6 is 0 Å². The zero-order chi connectivity index (χ0) is 14.0. The van der Waals surface area contributed by atoms with Crippen LogP contribution in [0.4, 0.5) is 5.69 Å². The summed E-state index contributed by atoms with van der Waals surface area (Å²) in [6.45, 7) is 1.92. The van der Waals surface area contributed by atoms with Crippen LogP contribution in [0.1, 0.15) is 22.3 Å². The summed E-state index contributed by atoms with van der Waals surface area (Å²) in [7, 11) is 0. The van der Waals surface area contributed by atoms with Gasteiger partial charge < -0.3 is 16.2 Å². The quantitative estimate of drug-likeness (QED) is 0.716. The maximum atomic E-state index is 11.3. The first kappa shape index (κ1) is 13.1. The van der Waals surface area contributed by atoms with Crippen molar-refractivity contribution >= 4 is 17.6 Å². The van der Waals surface area contributed by atoms with E-state index in [1.807, 2.05) is 25.1 Å². The molecule has 0 spiro atoms. The summed E-state index contributed by atoms with van der Waals surface area (Å²) in [6, 6.07) is 5.23. The van der Waals surface area contributed by atoms with Crippen molar-refractivity contribution in [3.8, 4) is 0 Å². The van der Waals surface area contributed by atoms with E-state index in [1.165, 1.54) is 0 Å². The van der Waals surface area contributed by atoms with Crippen LogP contribution in [0.3, 0.4) is 0 Å². The van der Waals surface area contributed by atoms with Crippen molar-refractivity contribution in [3.63, 3.8) is 0 Å². The Morgan fingerprint density at radius 3 is 2.68 bits per heavy atom. The third-order valence-electron chi connectivity index (χ3n) is 3.18. The van der Waals surface area contributed by atoms with Crippen LogP contribution in [0.15, 0.2) is 30.4 Å². The summed E-state index contributed by atoms with van der Waals surface area (Å²) < 4.78 is 0. The van der Waals surface area contributed by atoms with E-state index in [2.05, 4.69) is 5.32 Å². The molecule has 4 N–H and O–H groups in total. The summed E-state index contributed by atoms with van der Waals surface area (Å²) in [6.07, 6.45) is 3.95. The highest BCUT2D eigenvalue weighted by Gasteiger charge is 2.25. The largest absolute Gasteiger partial charge is 0.481 e. The smallest absolute Gasteiger partial charge is 0.310 e. The number of aryl methyl sites for hydroxylation is 1. The Hall–Kier alpha value is -2.30. The molecule has 1 aliphatic rings. The SMILES string of the molecule is Cc1ccc(C(N)=O)c(NC2C=CC(C(=O)O)C2)c1. The highest BCUT2D eigenvalue weighted by atomic mass is 16.4. The molecule has 0 saturated carbocycles. The first-order valence-electron chi connectivity index (χ1n) is 6.05. The number of carbonyl (C=O) groups excluding carboxylic acids is 1. The van der Waals surface area contributed by atoms with E-state index in [4.69, 9.17) is 10.8 Å². The second-order valence-electron chi connectivity index (χ2n) is 4.73. The van der Waals surface area contributed by atoms with Gasteiger partial charge in [-0.15, -0.1) is 0 Å². The average molecular weight is 260 g/mol. The third-order valence-corrected chi connectivity index (χ3v) is 3.18. The van der Waals surface area contributed by atoms with Crippen molar-refractivity contribution in [1.82, 2.24) is 0 Å². The molecule has 1 aromatic carbocycles. The van der Waals surface area contributed by atoms with Crippen LogP contribution in [0.25, 0.3) is 0 Å². The van der Waals surface area contributed by atoms with Gasteiger partial charge in [0.15, 0.2) is 0 Å². The minimum absolute atomic E-state index is 0.0963. The van der Waals surface area contributed by atoms with Gasteiger partial charge in [0.05, 0.1) is 11.5 Å². The Bertz CT molecular complexity index is 552. The average Bonchev–Trinajstić information content (AvgIpc) is 2.77. The van der Waals surface area contributed by atoms with Gasteiger partial charge in [0.25, 0.3) is 5.91 Å². The Morgan fingerprint density at radius 2 is 2.11 bits per heavy atom. The molecule has 0 radical (unpaired) electrons. The number of hydrogen-bond donors (Lipinski definition) is 3. The van der Waals surface area contributed by atoms with Crippen molar-refractivity contribution in [2.75, 3.05) is 5.32 Å². The number of carboxylic acids is 1. The molecule has 0 aromatic heterocycles. The number of benzene rings is 1. The van der Waals surface area contributed by atoms with Gasteiger partial charge in [-0.05, 0) is 31.0 Å². The highest BCUT2D eigenvalue weighted by molar-refractivity contribution is 5.98. The minimum atomic E-state index is -0.833. The molecule has 0 heterocycles. The second kappa shape index (κ2) is 5.14. The Kier molecular flexibility index (Phi) is 3.55. The number of hydrogen-bond acceptors (Lipinski definition) is 3. The van der Waals surface area contributed by atoms with Gasteiger partial charge >= 0.3 is 5.97 Å². The van der Waals surface area contributed by atoms with Crippen molar-refractivity contribution < 1.29 is 14.7 Å². The number of rotatable bonds is 4. The van der Waals surface area contributed by atoms with Crippen molar-refractivity contribution in [3.05, 3.63) is 41.5 Å². The van der Waals surface area contributed by atoms with E-state index in [0.29, 0.717) is 17.7 Å². The maximum Gasteiger partial charge on any atom is 0.310 e. The predicted octanol–water partition coefficient (Wildman–Crippen LogP) is 1.54. The molecule has 1 aliphatic carbocycles. The Labute approximate surface area is 111 Å². The molecule has 0 aliphatic heterocycles. The predicted molar refractivity (Wildman–Crippen MR) is 72.0 cm³/mol. The summed E-state index contributed by atoms with van der Waals surface area (Å²) >= 11 is 0. The van der Waals surface area contributed by atoms with E-state index >= 15 is 0 Å². The van der Waals surface area contributed by atoms with Crippen LogP contribution in [0.2, 0.25) is 0 Å². The van der Waals surface area contributed by atoms with Crippen LogP contribution in [-0.4, -0.2) is 23.0 Å². The first-order chi connectivity index (χ1) is 8.97. The molecule has 0 fully saturated rings. The normalized spacial score (nSPS) is 21.3. The lowest BCUT2D eigenvalue weighted by Crippen LogP contribution is -2.21. The van der Waals surface area contributed by atoms with Gasteiger partial charge in [-0.25, -0.2) is 0 Å². The number of anilines is 1. The zero-order valence-corrected chi connectivity index (χ0v) is 10.6. The molecule has 2 unspecified atom stereocenters. The highest BCUT2D eigenvalue weighted by Crippen LogP contribution is 2.24. The van der Waals surface area contributed by atoms with Gasteiger partial charge in [0.1, 0.15) is 0 Å². The molecule has 100 valence electrons. The first-order valence-corrected chi connectivity index (χ1v) is 6.05. The maximum absolute atomic E-state index is 11.3. The van der Waals surface area contributed by atoms with Crippen molar-refractivity contribution in [2.45, 2.75) is 19.4 Å². The fraction of sp³-hybridized carbons (Fsp3) is 0.286. The molecule has 2 atom stereocenters. The summed E-state index contributed by atoms with van der Waals surface area (Å²) in [5.74, 6) is -1.81. The lowest BCUT2D eigenvalue weighted by Gasteiger charge is -2.16. The minimum Gasteiger partial charge on any atom is -0.481 e. The van der Waals surface area contributed by atoms with Crippen molar-refractivity contribution in [2.24, 2.45) is 11.7 Å². The van der Waals surface area contributed by atoms with Crippen LogP contribution in [0.5, 0.6) is 0 Å². The fourth-order valence-corrected chi connectivity index (χ4v) is 2.18. The number of nitrogens with one attached hydrogen (secondary N) is 1. The number of nitrogens with two attached hydrogens (primary N) is 1. The topological polar surface area (TPSA) is 92.4 Å². The molecule has 19 heavy (non-hydrogen) atoms. The van der Waals surface area contributed by atoms with E-state index in [1.54, 1.807) is 12.1 Å². The lowest BCUT2D eigenvalue weighted by atomic mass is 10.1. The van der Waals surface area contributed by atoms with E-state index in [9.17, 15) is 9.59 Å². The van der Waals surface area contributed by atoms with Crippen LogP contribution in [-0.2, 0) is 4.79 Å². The second-order valence-corrected chi connectivity index (χ2v) is 4.73. The molecule has 0 bridgehead atoms. The van der Waals surface area contributed by atoms with E-state index < -0.39 is 17.8 Å². The Morgan fingerprint density at radius 1 is 1.37 bits per heavy atom. The summed E-state index contributed by atoms with van der Waals surface area (Å²) in [5.41, 5.74) is 7.39. The molecule has 1 aromatic rings. The van der Waals surface area contributed by atoms with Crippen LogP contribution < -0.4 is 11.1 Å². The Balaban J connectivity index is 2.16. The number of carbonyl (C=O) groups is 2. The lowest BCUT2D eigenvalue weighted by molar-refractivity contribution is -0.140. The summed E-state index contributed by atoms with van der Waals surface area (Å²) in [4.78, 5) is 22.2. The number of carboxylic acid groups (broad SMARTS) is 1. The van der Waals surface area contributed by atoms with Gasteiger partial charge in [-0.1, -0.05) is 18.2 Å². The number of amides is 1. The fourth-order valence-electron chi connectivity index (χ4n) is 2.18. The van der Waals surface area contributed by atoms with E-state index in [0.717, 1.165) is 5.56 Å². The molecule has 5 heteroatoms. The standard InChI is InChI=1S/C14H16N2O3/c1-8-2-5-11(13(15)17)12(6-8)16-10-4-3-9(7-10)14(18)19/h2-6,9-10,16H,7H2,1H3,(H2,15,17)(H,18,19). The van der Waals surface area contributed by atoms with Crippen molar-refractivity contribution in [1.29, 1.82) is 0 Å². The molecule has 2 rings (SSSR count). The number of aliphatic carboxylic acids is 1. The van der Waals surface area contributed by atoms with Gasteiger partial charge in [0, 0.05) is 11.7 Å². The third kappa shape index (κ3) is 2.93. The summed E-state index contributed by atoms with van der Waals surface area (Å²) in [5, 5.41) is 12.1. The molecular weight excluding hydrogens is 244 g/mol.